The summed E-state index contributed by atoms with van der Waals surface area (Å²) in [4.78, 5) is 67.8. The van der Waals surface area contributed by atoms with E-state index in [1.54, 1.807) is 35.5 Å². The van der Waals surface area contributed by atoms with Crippen molar-refractivity contribution < 1.29 is 23.6 Å². The van der Waals surface area contributed by atoms with E-state index in [0.717, 1.165) is 5.56 Å². The zero-order valence-corrected chi connectivity index (χ0v) is 26.8. The molecule has 0 radical (unpaired) electrons. The van der Waals surface area contributed by atoms with Gasteiger partial charge in [-0.25, -0.2) is 9.97 Å². The standard InChI is InChI=1S/C33H37N7O5S/c1-20(2)27-32-37-25(19-46-32)29(42)35-14-16-40(33(44)23-11-7-13-34-18-23)15-8-12-26(41)36-24(17-22-9-5-4-6-10-22)31-39-28(21(3)45-31)30(43)38-27/h4-7,9-11,13,18-20,24,27H,8,12,14-17H2,1-3H3,(H,35,42)(H,36,41)(H,38,43)/t24-,27-/m0/s1. The normalized spacial score (nSPS) is 18.4. The summed E-state index contributed by atoms with van der Waals surface area (Å²) in [6.45, 7) is 6.23. The Morgan fingerprint density at radius 2 is 1.85 bits per heavy atom. The van der Waals surface area contributed by atoms with Gasteiger partial charge in [-0.15, -0.1) is 11.3 Å². The first-order chi connectivity index (χ1) is 22.2. The number of amides is 4. The van der Waals surface area contributed by atoms with Crippen molar-refractivity contribution in [1.82, 2.24) is 35.8 Å². The van der Waals surface area contributed by atoms with E-state index in [4.69, 9.17) is 4.42 Å². The number of rotatable bonds is 4. The van der Waals surface area contributed by atoms with Gasteiger partial charge in [0.2, 0.25) is 11.8 Å². The number of hydrogen-bond acceptors (Lipinski definition) is 9. The number of pyridine rings is 1. The van der Waals surface area contributed by atoms with Gasteiger partial charge in [0.15, 0.2) is 5.69 Å². The Morgan fingerprint density at radius 1 is 1.04 bits per heavy atom. The molecule has 3 N–H and O–H groups in total. The van der Waals surface area contributed by atoms with Gasteiger partial charge in [0.1, 0.15) is 22.5 Å². The Labute approximate surface area is 271 Å². The van der Waals surface area contributed by atoms with Crippen LogP contribution in [-0.4, -0.2) is 63.1 Å². The summed E-state index contributed by atoms with van der Waals surface area (Å²) >= 11 is 1.28. The zero-order valence-electron chi connectivity index (χ0n) is 26.0. The highest BCUT2D eigenvalue weighted by atomic mass is 32.1. The van der Waals surface area contributed by atoms with Crippen LogP contribution in [0.5, 0.6) is 0 Å². The number of aryl methyl sites for hydroxylation is 1. The number of fused-ring (bicyclic) bond motifs is 4. The fraction of sp³-hybridized carbons (Fsp3) is 0.364. The molecule has 5 rings (SSSR count). The minimum absolute atomic E-state index is 0.0484. The third-order valence-electron chi connectivity index (χ3n) is 7.61. The maximum absolute atomic E-state index is 13.5. The molecule has 240 valence electrons. The lowest BCUT2D eigenvalue weighted by atomic mass is 10.0. The maximum atomic E-state index is 13.5. The number of aromatic nitrogens is 3. The van der Waals surface area contributed by atoms with Crippen LogP contribution in [0, 0.1) is 12.8 Å². The predicted molar refractivity (Wildman–Crippen MR) is 171 cm³/mol. The first-order valence-electron chi connectivity index (χ1n) is 15.2. The van der Waals surface area contributed by atoms with Gasteiger partial charge >= 0.3 is 0 Å². The van der Waals surface area contributed by atoms with Gasteiger partial charge in [-0.3, -0.25) is 24.2 Å². The van der Waals surface area contributed by atoms with E-state index in [0.29, 0.717) is 29.2 Å². The summed E-state index contributed by atoms with van der Waals surface area (Å²) in [5.74, 6) is -0.842. The molecule has 0 aliphatic carbocycles. The van der Waals surface area contributed by atoms with Crippen LogP contribution in [0.4, 0.5) is 0 Å². The van der Waals surface area contributed by atoms with Crippen molar-refractivity contribution in [3.63, 3.8) is 0 Å². The number of hydrogen-bond donors (Lipinski definition) is 3. The highest BCUT2D eigenvalue weighted by Crippen LogP contribution is 2.27. The van der Waals surface area contributed by atoms with Gasteiger partial charge in [-0.2, -0.15) is 0 Å². The molecule has 4 aromatic rings. The number of carbonyl (C=O) groups is 4. The third-order valence-corrected chi connectivity index (χ3v) is 8.54. The number of nitrogens with one attached hydrogen (secondary N) is 3. The minimum Gasteiger partial charge on any atom is -0.443 e. The Balaban J connectivity index is 1.45. The second-order valence-electron chi connectivity index (χ2n) is 11.4. The van der Waals surface area contributed by atoms with Crippen LogP contribution in [0.1, 0.15) is 92.3 Å². The summed E-state index contributed by atoms with van der Waals surface area (Å²) in [5.41, 5.74) is 1.71. The van der Waals surface area contributed by atoms with Gasteiger partial charge in [-0.1, -0.05) is 44.2 Å². The smallest absolute Gasteiger partial charge is 0.274 e. The van der Waals surface area contributed by atoms with Gasteiger partial charge in [0, 0.05) is 50.2 Å². The molecular weight excluding hydrogens is 606 g/mol. The molecule has 1 aliphatic rings. The highest BCUT2D eigenvalue weighted by molar-refractivity contribution is 7.09. The fourth-order valence-corrected chi connectivity index (χ4v) is 6.18. The summed E-state index contributed by atoms with van der Waals surface area (Å²) < 4.78 is 5.99. The number of oxazole rings is 1. The molecule has 4 amide bonds. The highest BCUT2D eigenvalue weighted by Gasteiger charge is 2.29. The largest absolute Gasteiger partial charge is 0.443 e. The van der Waals surface area contributed by atoms with Gasteiger partial charge in [-0.05, 0) is 37.0 Å². The van der Waals surface area contributed by atoms with E-state index in [1.165, 1.54) is 17.5 Å². The molecule has 4 bridgehead atoms. The van der Waals surface area contributed by atoms with Crippen molar-refractivity contribution in [2.45, 2.75) is 52.1 Å². The topological polar surface area (TPSA) is 159 Å². The maximum Gasteiger partial charge on any atom is 0.274 e. The molecule has 0 spiro atoms. The molecule has 2 atom stereocenters. The van der Waals surface area contributed by atoms with E-state index in [9.17, 15) is 19.2 Å². The van der Waals surface area contributed by atoms with Gasteiger partial charge in [0.05, 0.1) is 11.6 Å². The first kappa shape index (κ1) is 32.5. The van der Waals surface area contributed by atoms with Crippen molar-refractivity contribution in [3.05, 3.63) is 99.4 Å². The molecule has 0 unspecified atom stereocenters. The molecule has 1 aliphatic heterocycles. The Kier molecular flexibility index (Phi) is 10.5. The molecular formula is C33H37N7O5S. The van der Waals surface area contributed by atoms with Gasteiger partial charge < -0.3 is 25.3 Å². The van der Waals surface area contributed by atoms with E-state index in [1.807, 2.05) is 44.2 Å². The van der Waals surface area contributed by atoms with Crippen molar-refractivity contribution in [3.8, 4) is 0 Å². The van der Waals surface area contributed by atoms with E-state index >= 15 is 0 Å². The van der Waals surface area contributed by atoms with E-state index < -0.39 is 18.0 Å². The summed E-state index contributed by atoms with van der Waals surface area (Å²) in [5, 5.41) is 11.1. The number of carbonyl (C=O) groups excluding carboxylic acids is 4. The van der Waals surface area contributed by atoms with Crippen LogP contribution in [0.15, 0.2) is 64.7 Å². The molecule has 0 saturated carbocycles. The summed E-state index contributed by atoms with van der Waals surface area (Å²) in [7, 11) is 0. The number of benzene rings is 1. The van der Waals surface area contributed by atoms with Crippen molar-refractivity contribution in [1.29, 1.82) is 0 Å². The lowest BCUT2D eigenvalue weighted by Gasteiger charge is -2.23. The molecule has 12 nitrogen and oxygen atoms in total. The number of nitrogens with zero attached hydrogens (tertiary/aromatic N) is 4. The lowest BCUT2D eigenvalue weighted by Crippen LogP contribution is -2.40. The molecule has 13 heteroatoms. The fourth-order valence-electron chi connectivity index (χ4n) is 5.16. The second-order valence-corrected chi connectivity index (χ2v) is 12.3. The summed E-state index contributed by atoms with van der Waals surface area (Å²) in [6, 6.07) is 11.9. The zero-order chi connectivity index (χ0) is 32.6. The average Bonchev–Trinajstić information content (AvgIpc) is 3.70. The van der Waals surface area contributed by atoms with E-state index in [2.05, 4.69) is 30.9 Å². The molecule has 4 heterocycles. The van der Waals surface area contributed by atoms with Crippen molar-refractivity contribution in [2.75, 3.05) is 19.6 Å². The predicted octanol–water partition coefficient (Wildman–Crippen LogP) is 4.03. The van der Waals surface area contributed by atoms with Crippen LogP contribution in [-0.2, 0) is 11.2 Å². The monoisotopic (exact) mass is 643 g/mol. The van der Waals surface area contributed by atoms with Crippen LogP contribution in [0.2, 0.25) is 0 Å². The Hall–Kier alpha value is -4.91. The minimum atomic E-state index is -0.633. The average molecular weight is 644 g/mol. The Morgan fingerprint density at radius 3 is 2.59 bits per heavy atom. The van der Waals surface area contributed by atoms with Crippen molar-refractivity contribution in [2.24, 2.45) is 5.92 Å². The number of thiazole rings is 1. The molecule has 1 aromatic carbocycles. The summed E-state index contributed by atoms with van der Waals surface area (Å²) in [6.07, 6.45) is 3.97. The van der Waals surface area contributed by atoms with Crippen LogP contribution in [0.25, 0.3) is 0 Å². The van der Waals surface area contributed by atoms with Crippen LogP contribution >= 0.6 is 11.3 Å². The second kappa shape index (κ2) is 14.9. The van der Waals surface area contributed by atoms with Crippen molar-refractivity contribution >= 4 is 35.0 Å². The molecule has 3 aromatic heterocycles. The first-order valence-corrected chi connectivity index (χ1v) is 16.1. The molecule has 46 heavy (non-hydrogen) atoms. The Bertz CT molecular complexity index is 1670. The van der Waals surface area contributed by atoms with Crippen LogP contribution < -0.4 is 16.0 Å². The molecule has 0 saturated heterocycles. The van der Waals surface area contributed by atoms with Crippen LogP contribution in [0.3, 0.4) is 0 Å². The third kappa shape index (κ3) is 8.02. The lowest BCUT2D eigenvalue weighted by molar-refractivity contribution is -0.122. The SMILES string of the molecule is Cc1oc2nc1C(=O)N[C@@H](C(C)C)c1nc(cs1)C(=O)NCCN(C(=O)c1cccnc1)CCCC(=O)N[C@H]2Cc1ccccc1. The quantitative estimate of drug-likeness (QED) is 0.301. The van der Waals surface area contributed by atoms with Gasteiger partial charge in [0.25, 0.3) is 17.7 Å². The molecule has 0 fully saturated rings. The van der Waals surface area contributed by atoms with E-state index in [-0.39, 0.29) is 67.0 Å².